The predicted molar refractivity (Wildman–Crippen MR) is 150 cm³/mol. The van der Waals surface area contributed by atoms with Crippen molar-refractivity contribution in [2.75, 3.05) is 19.7 Å². The average Bonchev–Trinajstić information content (AvgIpc) is 3.30. The lowest BCUT2D eigenvalue weighted by molar-refractivity contribution is -0.0592. The molecule has 9 nitrogen and oxygen atoms in total. The van der Waals surface area contributed by atoms with Gasteiger partial charge < -0.3 is 23.9 Å². The summed E-state index contributed by atoms with van der Waals surface area (Å²) >= 11 is 5.78. The molecule has 0 spiro atoms. The van der Waals surface area contributed by atoms with E-state index in [2.05, 4.69) is 14.9 Å². The van der Waals surface area contributed by atoms with Gasteiger partial charge in [0, 0.05) is 36.3 Å². The van der Waals surface area contributed by atoms with Gasteiger partial charge in [-0.1, -0.05) is 17.7 Å². The van der Waals surface area contributed by atoms with Gasteiger partial charge in [0.25, 0.3) is 5.88 Å². The summed E-state index contributed by atoms with van der Waals surface area (Å²) in [5.74, 6) is -2.61. The Morgan fingerprint density at radius 2 is 1.81 bits per heavy atom. The number of piperidine rings is 1. The fourth-order valence-electron chi connectivity index (χ4n) is 5.22. The lowest BCUT2D eigenvalue weighted by Crippen LogP contribution is -2.39. The van der Waals surface area contributed by atoms with Crippen molar-refractivity contribution in [2.24, 2.45) is 0 Å². The molecular weight excluding hydrogens is 589 g/mol. The van der Waals surface area contributed by atoms with Gasteiger partial charge in [-0.15, -0.1) is 0 Å². The number of hydrogen-bond donors (Lipinski definition) is 1. The summed E-state index contributed by atoms with van der Waals surface area (Å²) < 4.78 is 62.1. The van der Waals surface area contributed by atoms with E-state index in [1.54, 1.807) is 0 Å². The number of ether oxygens (including phenoxy) is 3. The second-order valence-electron chi connectivity index (χ2n) is 10.6. The maximum absolute atomic E-state index is 14.8. The third-order valence-corrected chi connectivity index (χ3v) is 7.90. The third-order valence-electron chi connectivity index (χ3n) is 7.67. The first-order valence-electron chi connectivity index (χ1n) is 13.9. The van der Waals surface area contributed by atoms with E-state index in [-0.39, 0.29) is 52.2 Å². The van der Waals surface area contributed by atoms with Crippen LogP contribution in [0.1, 0.15) is 41.0 Å². The molecule has 0 saturated carbocycles. The van der Waals surface area contributed by atoms with Gasteiger partial charge in [-0.2, -0.15) is 4.98 Å². The largest absolute Gasteiger partial charge is 0.478 e. The number of benzene rings is 2. The summed E-state index contributed by atoms with van der Waals surface area (Å²) in [5.41, 5.74) is 0.644. The summed E-state index contributed by atoms with van der Waals surface area (Å²) in [5, 5.41) is 9.68. The maximum atomic E-state index is 14.8. The molecule has 0 radical (unpaired) electrons. The Labute approximate surface area is 249 Å². The highest BCUT2D eigenvalue weighted by atomic mass is 35.5. The van der Waals surface area contributed by atoms with E-state index in [4.69, 9.17) is 25.8 Å². The molecule has 226 valence electrons. The van der Waals surface area contributed by atoms with Crippen LogP contribution in [0.2, 0.25) is 5.02 Å². The van der Waals surface area contributed by atoms with Gasteiger partial charge in [0.1, 0.15) is 29.9 Å². The molecule has 0 bridgehead atoms. The lowest BCUT2D eigenvalue weighted by atomic mass is 10.1. The fraction of sp³-hybridized carbons (Fsp3) is 0.367. The quantitative estimate of drug-likeness (QED) is 0.245. The van der Waals surface area contributed by atoms with Gasteiger partial charge in [0.15, 0.2) is 11.6 Å². The number of pyridine rings is 1. The van der Waals surface area contributed by atoms with Gasteiger partial charge in [-0.3, -0.25) is 4.90 Å². The Morgan fingerprint density at radius 1 is 1.02 bits per heavy atom. The van der Waals surface area contributed by atoms with Gasteiger partial charge in [-0.25, -0.2) is 22.9 Å². The van der Waals surface area contributed by atoms with Crippen molar-refractivity contribution in [2.45, 2.75) is 51.2 Å². The number of hydrogen-bond acceptors (Lipinski definition) is 7. The molecule has 1 atom stereocenters. The molecule has 0 amide bonds. The van der Waals surface area contributed by atoms with Crippen LogP contribution in [-0.2, 0) is 24.4 Å². The summed E-state index contributed by atoms with van der Waals surface area (Å²) in [6.07, 6.45) is 1.94. The van der Waals surface area contributed by atoms with Crippen LogP contribution >= 0.6 is 11.6 Å². The lowest BCUT2D eigenvalue weighted by Gasteiger charge is -2.32. The summed E-state index contributed by atoms with van der Waals surface area (Å²) in [4.78, 5) is 22.4. The normalized spacial score (nSPS) is 17.6. The minimum atomic E-state index is -1.21. The first-order valence-corrected chi connectivity index (χ1v) is 14.3. The zero-order valence-electron chi connectivity index (χ0n) is 22.9. The van der Waals surface area contributed by atoms with E-state index in [9.17, 15) is 23.1 Å². The van der Waals surface area contributed by atoms with E-state index >= 15 is 0 Å². The third kappa shape index (κ3) is 6.56. The number of carboxylic acid groups (broad SMARTS) is 1. The molecule has 2 fully saturated rings. The molecular formula is C30H28ClF3N4O5. The van der Waals surface area contributed by atoms with E-state index in [1.165, 1.54) is 30.3 Å². The van der Waals surface area contributed by atoms with E-state index in [0.717, 1.165) is 18.6 Å². The zero-order valence-corrected chi connectivity index (χ0v) is 23.7. The van der Waals surface area contributed by atoms with Gasteiger partial charge in [0.05, 0.1) is 30.3 Å². The van der Waals surface area contributed by atoms with Crippen molar-refractivity contribution in [3.8, 4) is 11.8 Å². The second-order valence-corrected chi connectivity index (χ2v) is 11.0. The van der Waals surface area contributed by atoms with Crippen LogP contribution in [0.4, 0.5) is 13.2 Å². The molecule has 43 heavy (non-hydrogen) atoms. The van der Waals surface area contributed by atoms with Crippen LogP contribution < -0.4 is 9.47 Å². The molecule has 2 aromatic carbocycles. The molecule has 2 saturated heterocycles. The minimum absolute atomic E-state index is 0.0332. The van der Waals surface area contributed by atoms with Gasteiger partial charge >= 0.3 is 5.97 Å². The van der Waals surface area contributed by atoms with E-state index in [0.29, 0.717) is 57.0 Å². The molecule has 2 aliphatic rings. The highest BCUT2D eigenvalue weighted by molar-refractivity contribution is 6.30. The predicted octanol–water partition coefficient (Wildman–Crippen LogP) is 5.61. The summed E-state index contributed by atoms with van der Waals surface area (Å²) in [7, 11) is 0. The Kier molecular flexibility index (Phi) is 8.42. The topological polar surface area (TPSA) is 98.9 Å². The Balaban J connectivity index is 1.09. The van der Waals surface area contributed by atoms with E-state index < -0.39 is 23.4 Å². The number of aromatic nitrogens is 3. The Hall–Kier alpha value is -3.87. The van der Waals surface area contributed by atoms with Crippen molar-refractivity contribution >= 4 is 28.6 Å². The molecule has 0 unspecified atom stereocenters. The highest BCUT2D eigenvalue weighted by Crippen LogP contribution is 2.27. The molecule has 1 N–H and O–H groups in total. The van der Waals surface area contributed by atoms with Crippen LogP contribution in [0, 0.1) is 17.5 Å². The molecule has 4 heterocycles. The molecule has 0 aliphatic carbocycles. The number of carboxylic acids is 1. The van der Waals surface area contributed by atoms with E-state index in [1.807, 2.05) is 4.57 Å². The standard InChI is InChI=1S/C30H28ClF3N4O5/c31-19-2-1-17(23(33)13-19)16-42-29-22(32)3-4-27(36-29)43-20-5-8-37(9-6-20)15-26-35-28-24(34)11-18(30(39)40)12-25(28)38(26)14-21-7-10-41-21/h1-4,11-13,20-21H,5-10,14-16H2,(H,39,40)/t21-/m0/s1. The number of imidazole rings is 1. The number of rotatable bonds is 10. The van der Waals surface area contributed by atoms with Crippen molar-refractivity contribution in [1.82, 2.24) is 19.4 Å². The van der Waals surface area contributed by atoms with Crippen LogP contribution in [0.15, 0.2) is 42.5 Å². The second kappa shape index (κ2) is 12.4. The first-order chi connectivity index (χ1) is 20.7. The number of nitrogens with zero attached hydrogens (tertiary/aromatic N) is 4. The first kappa shape index (κ1) is 29.2. The number of carbonyl (C=O) groups is 1. The van der Waals surface area contributed by atoms with Crippen LogP contribution in [0.3, 0.4) is 0 Å². The molecule has 4 aromatic rings. The molecule has 6 rings (SSSR count). The monoisotopic (exact) mass is 616 g/mol. The van der Waals surface area contributed by atoms with Crippen LogP contribution in [0.5, 0.6) is 11.8 Å². The summed E-state index contributed by atoms with van der Waals surface area (Å²) in [6.45, 7) is 2.62. The van der Waals surface area contributed by atoms with Crippen molar-refractivity contribution < 1.29 is 37.3 Å². The van der Waals surface area contributed by atoms with Crippen molar-refractivity contribution in [3.63, 3.8) is 0 Å². The number of likely N-dealkylation sites (tertiary alicyclic amines) is 1. The SMILES string of the molecule is O=C(O)c1cc(F)c2nc(CN3CCC(Oc4ccc(F)c(OCc5ccc(Cl)cc5F)n4)CC3)n(C[C@@H]3CCO3)c2c1. The fourth-order valence-corrected chi connectivity index (χ4v) is 5.38. The molecule has 13 heteroatoms. The van der Waals surface area contributed by atoms with Crippen LogP contribution in [0.25, 0.3) is 11.0 Å². The zero-order chi connectivity index (χ0) is 30.1. The van der Waals surface area contributed by atoms with Crippen LogP contribution in [-0.4, -0.2) is 62.4 Å². The van der Waals surface area contributed by atoms with Gasteiger partial charge in [-0.05, 0) is 49.6 Å². The smallest absolute Gasteiger partial charge is 0.335 e. The molecule has 2 aliphatic heterocycles. The average molecular weight is 617 g/mol. The number of fused-ring (bicyclic) bond motifs is 1. The van der Waals surface area contributed by atoms with Crippen molar-refractivity contribution in [3.05, 3.63) is 81.9 Å². The minimum Gasteiger partial charge on any atom is -0.478 e. The Morgan fingerprint density at radius 3 is 2.51 bits per heavy atom. The number of aromatic carboxylic acids is 1. The maximum Gasteiger partial charge on any atom is 0.335 e. The highest BCUT2D eigenvalue weighted by Gasteiger charge is 2.27. The molecule has 2 aromatic heterocycles. The Bertz CT molecular complexity index is 1660. The van der Waals surface area contributed by atoms with Crippen molar-refractivity contribution in [1.29, 1.82) is 0 Å². The summed E-state index contributed by atoms with van der Waals surface area (Å²) in [6, 6.07) is 9.19. The number of halogens is 4. The van der Waals surface area contributed by atoms with Gasteiger partial charge in [0.2, 0.25) is 5.88 Å².